The van der Waals surface area contributed by atoms with Crippen LogP contribution >= 0.6 is 23.4 Å². The summed E-state index contributed by atoms with van der Waals surface area (Å²) in [5.74, 6) is 0.617. The average molecular weight is 290 g/mol. The predicted molar refractivity (Wildman–Crippen MR) is 80.6 cm³/mol. The van der Waals surface area contributed by atoms with E-state index in [1.807, 2.05) is 59.5 Å². The number of hydrogen-bond donors (Lipinski definition) is 0. The summed E-state index contributed by atoms with van der Waals surface area (Å²) in [6.45, 7) is 0. The van der Waals surface area contributed by atoms with Crippen molar-refractivity contribution in [3.63, 3.8) is 0 Å². The Bertz CT molecular complexity index is 602. The standard InChI is InChI=1S/C15H12ClNOS/c16-13-9-5-4-8-12(13)15-17(14(18)10-19-15)11-6-2-1-3-7-11/h1-9,15H,10H2/t15-/m1/s1. The Hall–Kier alpha value is -1.45. The summed E-state index contributed by atoms with van der Waals surface area (Å²) in [4.78, 5) is 14.0. The molecular weight excluding hydrogens is 278 g/mol. The number of amides is 1. The van der Waals surface area contributed by atoms with Crippen LogP contribution in [0.25, 0.3) is 0 Å². The number of hydrogen-bond acceptors (Lipinski definition) is 2. The zero-order valence-corrected chi connectivity index (χ0v) is 11.7. The number of carbonyl (C=O) groups excluding carboxylic acids is 1. The lowest BCUT2D eigenvalue weighted by Crippen LogP contribution is -2.27. The highest BCUT2D eigenvalue weighted by atomic mass is 35.5. The second kappa shape index (κ2) is 5.27. The van der Waals surface area contributed by atoms with Gasteiger partial charge in [0, 0.05) is 16.3 Å². The molecule has 0 aromatic heterocycles. The average Bonchev–Trinajstić information content (AvgIpc) is 2.82. The zero-order valence-electron chi connectivity index (χ0n) is 10.1. The SMILES string of the molecule is O=C1CS[C@H](c2ccccc2Cl)N1c1ccccc1. The molecule has 1 aliphatic heterocycles. The van der Waals surface area contributed by atoms with Gasteiger partial charge in [0.15, 0.2) is 0 Å². The maximum atomic E-state index is 12.1. The van der Waals surface area contributed by atoms with Gasteiger partial charge in [0.25, 0.3) is 0 Å². The van der Waals surface area contributed by atoms with Crippen molar-refractivity contribution in [2.45, 2.75) is 5.37 Å². The quantitative estimate of drug-likeness (QED) is 0.829. The van der Waals surface area contributed by atoms with Gasteiger partial charge in [-0.1, -0.05) is 48.0 Å². The van der Waals surface area contributed by atoms with Gasteiger partial charge >= 0.3 is 0 Å². The highest BCUT2D eigenvalue weighted by Crippen LogP contribution is 2.43. The van der Waals surface area contributed by atoms with Crippen LogP contribution in [0.2, 0.25) is 5.02 Å². The first kappa shape index (κ1) is 12.6. The minimum Gasteiger partial charge on any atom is -0.295 e. The molecule has 0 saturated carbocycles. The van der Waals surface area contributed by atoms with Gasteiger partial charge in [0.2, 0.25) is 5.91 Å². The number of carbonyl (C=O) groups is 1. The van der Waals surface area contributed by atoms with E-state index in [0.29, 0.717) is 10.8 Å². The Labute approximate surface area is 121 Å². The van der Waals surface area contributed by atoms with E-state index in [4.69, 9.17) is 11.6 Å². The maximum Gasteiger partial charge on any atom is 0.238 e. The van der Waals surface area contributed by atoms with Crippen LogP contribution in [0.3, 0.4) is 0 Å². The molecule has 1 amide bonds. The molecule has 3 rings (SSSR count). The summed E-state index contributed by atoms with van der Waals surface area (Å²) >= 11 is 7.87. The third kappa shape index (κ3) is 2.36. The highest BCUT2D eigenvalue weighted by molar-refractivity contribution is 8.00. The Morgan fingerprint density at radius 2 is 1.74 bits per heavy atom. The third-order valence-electron chi connectivity index (χ3n) is 3.07. The number of halogens is 1. The number of para-hydroxylation sites is 1. The van der Waals surface area contributed by atoms with Gasteiger partial charge in [0.1, 0.15) is 5.37 Å². The minimum atomic E-state index is -0.0383. The minimum absolute atomic E-state index is 0.0383. The molecule has 2 nitrogen and oxygen atoms in total. The van der Waals surface area contributed by atoms with Gasteiger partial charge in [-0.05, 0) is 18.2 Å². The molecule has 0 N–H and O–H groups in total. The predicted octanol–water partition coefficient (Wildman–Crippen LogP) is 4.12. The van der Waals surface area contributed by atoms with E-state index >= 15 is 0 Å². The second-order valence-corrected chi connectivity index (χ2v) is 5.76. The van der Waals surface area contributed by atoms with Crippen molar-refractivity contribution in [3.8, 4) is 0 Å². The smallest absolute Gasteiger partial charge is 0.238 e. The molecule has 4 heteroatoms. The van der Waals surface area contributed by atoms with E-state index in [-0.39, 0.29) is 11.3 Å². The number of rotatable bonds is 2. The lowest BCUT2D eigenvalue weighted by molar-refractivity contribution is -0.115. The van der Waals surface area contributed by atoms with Crippen molar-refractivity contribution >= 4 is 35.0 Å². The lowest BCUT2D eigenvalue weighted by Gasteiger charge is -2.24. The summed E-state index contributed by atoms with van der Waals surface area (Å²) < 4.78 is 0. The summed E-state index contributed by atoms with van der Waals surface area (Å²) in [7, 11) is 0. The fraction of sp³-hybridized carbons (Fsp3) is 0.133. The van der Waals surface area contributed by atoms with Crippen molar-refractivity contribution in [2.24, 2.45) is 0 Å². The van der Waals surface area contributed by atoms with Crippen LogP contribution in [-0.2, 0) is 4.79 Å². The number of nitrogens with zero attached hydrogens (tertiary/aromatic N) is 1. The molecule has 0 bridgehead atoms. The summed E-state index contributed by atoms with van der Waals surface area (Å²) in [6.07, 6.45) is 0. The number of thioether (sulfide) groups is 1. The maximum absolute atomic E-state index is 12.1. The van der Waals surface area contributed by atoms with Crippen molar-refractivity contribution in [1.82, 2.24) is 0 Å². The van der Waals surface area contributed by atoms with Crippen LogP contribution in [0, 0.1) is 0 Å². The van der Waals surface area contributed by atoms with Crippen molar-refractivity contribution in [2.75, 3.05) is 10.7 Å². The molecule has 1 heterocycles. The molecular formula is C15H12ClNOS. The highest BCUT2D eigenvalue weighted by Gasteiger charge is 2.34. The van der Waals surface area contributed by atoms with Crippen molar-refractivity contribution < 1.29 is 4.79 Å². The van der Waals surface area contributed by atoms with E-state index in [1.165, 1.54) is 0 Å². The number of benzene rings is 2. The molecule has 2 aromatic rings. The third-order valence-corrected chi connectivity index (χ3v) is 4.61. The molecule has 0 radical (unpaired) electrons. The number of anilines is 1. The monoisotopic (exact) mass is 289 g/mol. The molecule has 1 aliphatic rings. The van der Waals surface area contributed by atoms with Crippen molar-refractivity contribution in [1.29, 1.82) is 0 Å². The summed E-state index contributed by atoms with van der Waals surface area (Å²) in [5, 5.41) is 0.666. The van der Waals surface area contributed by atoms with Crippen molar-refractivity contribution in [3.05, 3.63) is 65.2 Å². The Morgan fingerprint density at radius 3 is 2.47 bits per heavy atom. The molecule has 0 spiro atoms. The van der Waals surface area contributed by atoms with Crippen LogP contribution in [0.5, 0.6) is 0 Å². The fourth-order valence-electron chi connectivity index (χ4n) is 2.20. The van der Waals surface area contributed by atoms with Crippen LogP contribution in [0.1, 0.15) is 10.9 Å². The van der Waals surface area contributed by atoms with E-state index in [9.17, 15) is 4.79 Å². The molecule has 19 heavy (non-hydrogen) atoms. The molecule has 1 fully saturated rings. The van der Waals surface area contributed by atoms with Gasteiger partial charge in [-0.15, -0.1) is 11.8 Å². The van der Waals surface area contributed by atoms with Crippen LogP contribution in [0.15, 0.2) is 54.6 Å². The first-order valence-electron chi connectivity index (χ1n) is 6.00. The molecule has 2 aromatic carbocycles. The lowest BCUT2D eigenvalue weighted by atomic mass is 10.2. The zero-order chi connectivity index (χ0) is 13.2. The van der Waals surface area contributed by atoms with Gasteiger partial charge < -0.3 is 0 Å². The van der Waals surface area contributed by atoms with E-state index in [0.717, 1.165) is 11.3 Å². The van der Waals surface area contributed by atoms with E-state index in [1.54, 1.807) is 11.8 Å². The van der Waals surface area contributed by atoms with Gasteiger partial charge in [-0.25, -0.2) is 0 Å². The molecule has 1 atom stereocenters. The van der Waals surface area contributed by atoms with Crippen LogP contribution in [-0.4, -0.2) is 11.7 Å². The first-order chi connectivity index (χ1) is 9.27. The molecule has 1 saturated heterocycles. The van der Waals surface area contributed by atoms with E-state index in [2.05, 4.69) is 0 Å². The summed E-state index contributed by atoms with van der Waals surface area (Å²) in [5.41, 5.74) is 1.91. The fourth-order valence-corrected chi connectivity index (χ4v) is 3.71. The second-order valence-electron chi connectivity index (χ2n) is 4.28. The van der Waals surface area contributed by atoms with Crippen LogP contribution < -0.4 is 4.90 Å². The first-order valence-corrected chi connectivity index (χ1v) is 7.43. The molecule has 96 valence electrons. The van der Waals surface area contributed by atoms with Gasteiger partial charge in [0.05, 0.1) is 5.75 Å². The Kier molecular flexibility index (Phi) is 3.49. The van der Waals surface area contributed by atoms with E-state index < -0.39 is 0 Å². The summed E-state index contributed by atoms with van der Waals surface area (Å²) in [6, 6.07) is 17.4. The van der Waals surface area contributed by atoms with Gasteiger partial charge in [-0.3, -0.25) is 9.69 Å². The largest absolute Gasteiger partial charge is 0.295 e. The Balaban J connectivity index is 2.02. The normalized spacial score (nSPS) is 18.9. The Morgan fingerprint density at radius 1 is 1.05 bits per heavy atom. The molecule has 0 aliphatic carbocycles. The topological polar surface area (TPSA) is 20.3 Å². The van der Waals surface area contributed by atoms with Gasteiger partial charge in [-0.2, -0.15) is 0 Å². The van der Waals surface area contributed by atoms with Crippen LogP contribution in [0.4, 0.5) is 5.69 Å². The molecule has 0 unspecified atom stereocenters.